The molecule has 4 rings (SSSR count). The number of ether oxygens (including phenoxy) is 1. The van der Waals surface area contributed by atoms with E-state index in [1.807, 2.05) is 55.5 Å². The molecule has 4 heteroatoms. The molecule has 0 saturated carbocycles. The lowest BCUT2D eigenvalue weighted by Gasteiger charge is -2.10. The molecule has 0 unspecified atom stereocenters. The third-order valence-corrected chi connectivity index (χ3v) is 5.87. The number of hydrogen-bond donors (Lipinski definition) is 0. The van der Waals surface area contributed by atoms with Crippen molar-refractivity contribution in [3.8, 4) is 11.8 Å². The second kappa shape index (κ2) is 10.3. The first-order valence-electron chi connectivity index (χ1n) is 11.2. The normalized spacial score (nSPS) is 10.8. The summed E-state index contributed by atoms with van der Waals surface area (Å²) in [6.07, 6.45) is 2.75. The molecule has 0 heterocycles. The van der Waals surface area contributed by atoms with Crippen molar-refractivity contribution in [2.24, 2.45) is 0 Å². The first-order valence-corrected chi connectivity index (χ1v) is 11.2. The van der Waals surface area contributed by atoms with E-state index in [9.17, 15) is 4.39 Å². The molecule has 0 amide bonds. The van der Waals surface area contributed by atoms with E-state index in [0.29, 0.717) is 30.4 Å². The highest BCUT2D eigenvalue weighted by atomic mass is 19.1. The van der Waals surface area contributed by atoms with Gasteiger partial charge in [0, 0.05) is 5.39 Å². The number of halogens is 2. The fraction of sp³-hybridized carbons (Fsp3) is 0.207. The third kappa shape index (κ3) is 5.38. The van der Waals surface area contributed by atoms with Crippen LogP contribution in [0.15, 0.2) is 72.8 Å². The predicted molar refractivity (Wildman–Crippen MR) is 127 cm³/mol. The summed E-state index contributed by atoms with van der Waals surface area (Å²) in [5.74, 6) is 0.119. The highest BCUT2D eigenvalue weighted by Gasteiger charge is 2.10. The topological polar surface area (TPSA) is 33.0 Å². The Bertz CT molecular complexity index is 1310. The van der Waals surface area contributed by atoms with Crippen LogP contribution in [0, 0.1) is 23.0 Å². The van der Waals surface area contributed by atoms with Crippen LogP contribution in [-0.2, 0) is 25.7 Å². The Hall–Kier alpha value is -3.71. The van der Waals surface area contributed by atoms with Gasteiger partial charge in [-0.3, -0.25) is 0 Å². The Morgan fingerprint density at radius 1 is 0.758 bits per heavy atom. The molecule has 4 aromatic carbocycles. The van der Waals surface area contributed by atoms with Crippen LogP contribution in [0.3, 0.4) is 0 Å². The van der Waals surface area contributed by atoms with Crippen LogP contribution < -0.4 is 4.74 Å². The van der Waals surface area contributed by atoms with Crippen molar-refractivity contribution in [3.63, 3.8) is 0 Å². The molecule has 2 nitrogen and oxygen atoms in total. The molecule has 0 saturated heterocycles. The number of aryl methyl sites for hydroxylation is 4. The summed E-state index contributed by atoms with van der Waals surface area (Å²) < 4.78 is 34.4. The third-order valence-electron chi connectivity index (χ3n) is 5.87. The van der Waals surface area contributed by atoms with Crippen molar-refractivity contribution in [1.82, 2.24) is 0 Å². The van der Waals surface area contributed by atoms with Crippen molar-refractivity contribution in [2.75, 3.05) is 6.61 Å². The Balaban J connectivity index is 1.43. The molecule has 0 fully saturated rings. The van der Waals surface area contributed by atoms with Gasteiger partial charge in [0.05, 0.1) is 12.2 Å². The molecule has 0 aliphatic rings. The van der Waals surface area contributed by atoms with E-state index in [-0.39, 0.29) is 11.4 Å². The van der Waals surface area contributed by atoms with Crippen molar-refractivity contribution < 1.29 is 13.5 Å². The lowest BCUT2D eigenvalue weighted by molar-refractivity contribution is 0.340. The molecule has 0 aliphatic carbocycles. The van der Waals surface area contributed by atoms with E-state index in [2.05, 4.69) is 12.1 Å². The number of hydrogen-bond acceptors (Lipinski definition) is 2. The van der Waals surface area contributed by atoms with Crippen LogP contribution in [0.5, 0.6) is 5.75 Å². The average molecular weight is 442 g/mol. The van der Waals surface area contributed by atoms with Crippen molar-refractivity contribution in [3.05, 3.63) is 112 Å². The highest BCUT2D eigenvalue weighted by molar-refractivity contribution is 5.84. The minimum atomic E-state index is -0.535. The van der Waals surface area contributed by atoms with Crippen LogP contribution in [0.4, 0.5) is 8.78 Å². The van der Waals surface area contributed by atoms with Gasteiger partial charge in [0.25, 0.3) is 0 Å². The van der Waals surface area contributed by atoms with E-state index in [1.54, 1.807) is 6.07 Å². The maximum atomic E-state index is 15.1. The van der Waals surface area contributed by atoms with Gasteiger partial charge < -0.3 is 4.74 Å². The monoisotopic (exact) mass is 441 g/mol. The number of rotatable bonds is 8. The summed E-state index contributed by atoms with van der Waals surface area (Å²) in [6.45, 7) is 2.62. The molecular formula is C29H25F2NO. The number of fused-ring (bicyclic) bond motifs is 1. The lowest BCUT2D eigenvalue weighted by Crippen LogP contribution is -1.98. The van der Waals surface area contributed by atoms with E-state index in [1.165, 1.54) is 17.7 Å². The standard InChI is InChI=1S/C29H25F2NO/c1-2-33-26-14-7-20(8-15-26)3-4-21-9-16-27-24(17-21)13-12-23(29(27)31)10-5-22-6-11-25(19-32)28(30)18-22/h6-9,11-18H,2-5,10H2,1H3. The quantitative estimate of drug-likeness (QED) is 0.296. The van der Waals surface area contributed by atoms with Crippen molar-refractivity contribution in [2.45, 2.75) is 32.6 Å². The molecule has 0 spiro atoms. The fourth-order valence-corrected chi connectivity index (χ4v) is 4.03. The van der Waals surface area contributed by atoms with Crippen molar-refractivity contribution in [1.29, 1.82) is 5.26 Å². The summed E-state index contributed by atoms with van der Waals surface area (Å²) in [7, 11) is 0. The first-order chi connectivity index (χ1) is 16.1. The first kappa shape index (κ1) is 22.5. The van der Waals surface area contributed by atoms with E-state index in [0.717, 1.165) is 35.1 Å². The lowest BCUT2D eigenvalue weighted by atomic mass is 9.97. The summed E-state index contributed by atoms with van der Waals surface area (Å²) >= 11 is 0. The second-order valence-electron chi connectivity index (χ2n) is 8.10. The Labute approximate surface area is 193 Å². The van der Waals surface area contributed by atoms with Gasteiger partial charge in [-0.1, -0.05) is 48.5 Å². The Kier molecular flexibility index (Phi) is 7.00. The molecule has 4 aromatic rings. The smallest absolute Gasteiger partial charge is 0.141 e. The number of nitriles is 1. The van der Waals surface area contributed by atoms with E-state index < -0.39 is 5.82 Å². The van der Waals surface area contributed by atoms with Gasteiger partial charge in [0.15, 0.2) is 0 Å². The van der Waals surface area contributed by atoms with Crippen LogP contribution in [0.2, 0.25) is 0 Å². The SMILES string of the molecule is CCOc1ccc(CCc2ccc3c(F)c(CCc4ccc(C#N)c(F)c4)ccc3c2)cc1. The van der Waals surface area contributed by atoms with Gasteiger partial charge in [0.1, 0.15) is 23.5 Å². The molecule has 33 heavy (non-hydrogen) atoms. The average Bonchev–Trinajstić information content (AvgIpc) is 2.83. The maximum Gasteiger partial charge on any atom is 0.141 e. The highest BCUT2D eigenvalue weighted by Crippen LogP contribution is 2.25. The Morgan fingerprint density at radius 2 is 1.42 bits per heavy atom. The summed E-state index contributed by atoms with van der Waals surface area (Å²) in [4.78, 5) is 0. The number of benzene rings is 4. The van der Waals surface area contributed by atoms with Gasteiger partial charge in [-0.15, -0.1) is 0 Å². The van der Waals surface area contributed by atoms with Gasteiger partial charge in [-0.25, -0.2) is 8.78 Å². The summed E-state index contributed by atoms with van der Waals surface area (Å²) in [5.41, 5.74) is 3.77. The molecule has 0 aliphatic heterocycles. The van der Waals surface area contributed by atoms with Crippen LogP contribution in [-0.4, -0.2) is 6.61 Å². The number of nitrogens with zero attached hydrogens (tertiary/aromatic N) is 1. The Morgan fingerprint density at radius 3 is 2.15 bits per heavy atom. The second-order valence-corrected chi connectivity index (χ2v) is 8.10. The predicted octanol–water partition coefficient (Wildman–Crippen LogP) is 6.96. The molecule has 166 valence electrons. The zero-order chi connectivity index (χ0) is 23.2. The minimum absolute atomic E-state index is 0.0222. The molecule has 0 aromatic heterocycles. The molecule has 0 bridgehead atoms. The van der Waals surface area contributed by atoms with Crippen LogP contribution in [0.1, 0.15) is 34.7 Å². The largest absolute Gasteiger partial charge is 0.494 e. The van der Waals surface area contributed by atoms with Gasteiger partial charge >= 0.3 is 0 Å². The van der Waals surface area contributed by atoms with E-state index >= 15 is 4.39 Å². The zero-order valence-corrected chi connectivity index (χ0v) is 18.6. The molecule has 0 radical (unpaired) electrons. The van der Waals surface area contributed by atoms with Gasteiger partial charge in [-0.05, 0) is 84.5 Å². The molecule has 0 N–H and O–H groups in total. The van der Waals surface area contributed by atoms with Crippen LogP contribution >= 0.6 is 0 Å². The van der Waals surface area contributed by atoms with Crippen LogP contribution in [0.25, 0.3) is 10.8 Å². The molecule has 0 atom stereocenters. The minimum Gasteiger partial charge on any atom is -0.494 e. The van der Waals surface area contributed by atoms with Gasteiger partial charge in [-0.2, -0.15) is 5.26 Å². The maximum absolute atomic E-state index is 15.1. The fourth-order valence-electron chi connectivity index (χ4n) is 4.03. The van der Waals surface area contributed by atoms with Gasteiger partial charge in [0.2, 0.25) is 0 Å². The zero-order valence-electron chi connectivity index (χ0n) is 18.6. The van der Waals surface area contributed by atoms with Crippen molar-refractivity contribution >= 4 is 10.8 Å². The van der Waals surface area contributed by atoms with E-state index in [4.69, 9.17) is 10.00 Å². The molecular weight excluding hydrogens is 416 g/mol. The summed E-state index contributed by atoms with van der Waals surface area (Å²) in [5, 5.41) is 10.3. The summed E-state index contributed by atoms with van der Waals surface area (Å²) in [6, 6.07) is 24.1.